The smallest absolute Gasteiger partial charge is 0.338 e. The third-order valence-electron chi connectivity index (χ3n) is 4.34. The molecule has 1 N–H and O–H groups in total. The van der Waals surface area contributed by atoms with Crippen molar-refractivity contribution in [2.75, 3.05) is 30.9 Å². The molecule has 1 amide bonds. The molecule has 0 radical (unpaired) electrons. The molecule has 0 saturated carbocycles. The molecule has 1 aliphatic heterocycles. The monoisotopic (exact) mass is 426 g/mol. The first kappa shape index (κ1) is 21.7. The second kappa shape index (κ2) is 11.2. The van der Waals surface area contributed by atoms with Crippen LogP contribution in [-0.2, 0) is 14.3 Å². The minimum Gasteiger partial charge on any atom is -0.491 e. The summed E-state index contributed by atoms with van der Waals surface area (Å²) in [5.41, 5.74) is 0.906. The van der Waals surface area contributed by atoms with Gasteiger partial charge in [-0.2, -0.15) is 5.26 Å². The molecule has 1 aliphatic rings. The fourth-order valence-electron chi connectivity index (χ4n) is 2.86. The van der Waals surface area contributed by atoms with Crippen LogP contribution in [0.15, 0.2) is 53.4 Å². The Hall–Kier alpha value is -3.02. The van der Waals surface area contributed by atoms with Crippen molar-refractivity contribution in [1.82, 2.24) is 0 Å². The van der Waals surface area contributed by atoms with Gasteiger partial charge >= 0.3 is 5.97 Å². The van der Waals surface area contributed by atoms with E-state index in [2.05, 4.69) is 5.32 Å². The Morgan fingerprint density at radius 2 is 2.00 bits per heavy atom. The van der Waals surface area contributed by atoms with Gasteiger partial charge in [-0.1, -0.05) is 12.1 Å². The van der Waals surface area contributed by atoms with E-state index in [1.807, 2.05) is 18.2 Å². The van der Waals surface area contributed by atoms with Gasteiger partial charge in [-0.25, -0.2) is 4.79 Å². The maximum atomic E-state index is 12.2. The highest BCUT2D eigenvalue weighted by molar-refractivity contribution is 7.99. The Morgan fingerprint density at radius 3 is 2.73 bits per heavy atom. The van der Waals surface area contributed by atoms with E-state index < -0.39 is 18.5 Å². The molecular weight excluding hydrogens is 404 g/mol. The summed E-state index contributed by atoms with van der Waals surface area (Å²) in [5, 5.41) is 11.4. The first-order valence-corrected chi connectivity index (χ1v) is 10.5. The summed E-state index contributed by atoms with van der Waals surface area (Å²) in [6.45, 7) is 0.849. The minimum atomic E-state index is -0.594. The number of amides is 1. The maximum absolute atomic E-state index is 12.2. The number of thioether (sulfide) groups is 1. The second-order valence-electron chi connectivity index (χ2n) is 6.54. The molecule has 1 heterocycles. The molecule has 1 fully saturated rings. The summed E-state index contributed by atoms with van der Waals surface area (Å²) >= 11 is 1.32. The number of esters is 1. The van der Waals surface area contributed by atoms with Gasteiger partial charge in [0.05, 0.1) is 29.2 Å². The zero-order chi connectivity index (χ0) is 21.2. The van der Waals surface area contributed by atoms with Crippen molar-refractivity contribution in [2.24, 2.45) is 0 Å². The summed E-state index contributed by atoms with van der Waals surface area (Å²) in [4.78, 5) is 25.1. The van der Waals surface area contributed by atoms with Crippen LogP contribution in [0.2, 0.25) is 0 Å². The molecule has 2 aromatic carbocycles. The predicted molar refractivity (Wildman–Crippen MR) is 113 cm³/mol. The SMILES string of the molecule is N#CCSc1ccccc1NC(=O)COC(=O)c1ccc(OCC2CCCO2)cc1. The minimum absolute atomic E-state index is 0.122. The van der Waals surface area contributed by atoms with E-state index in [1.54, 1.807) is 36.4 Å². The standard InChI is InChI=1S/C22H22N2O5S/c23-11-13-30-20-6-2-1-5-19(20)24-21(25)15-29-22(26)16-7-9-17(10-8-16)28-14-18-4-3-12-27-18/h1-2,5-10,18H,3-4,12-15H2,(H,24,25). The fourth-order valence-corrected chi connectivity index (χ4v) is 3.53. The fraction of sp³-hybridized carbons (Fsp3) is 0.318. The molecule has 1 saturated heterocycles. The molecule has 0 spiro atoms. The Balaban J connectivity index is 1.45. The maximum Gasteiger partial charge on any atom is 0.338 e. The van der Waals surface area contributed by atoms with Crippen LogP contribution in [-0.4, -0.2) is 43.6 Å². The second-order valence-corrected chi connectivity index (χ2v) is 7.55. The number of carbonyl (C=O) groups is 2. The van der Waals surface area contributed by atoms with Crippen molar-refractivity contribution in [3.05, 3.63) is 54.1 Å². The summed E-state index contributed by atoms with van der Waals surface area (Å²) in [5.74, 6) is -0.131. The highest BCUT2D eigenvalue weighted by atomic mass is 32.2. The number of rotatable bonds is 9. The van der Waals surface area contributed by atoms with Gasteiger partial charge < -0.3 is 19.5 Å². The highest BCUT2D eigenvalue weighted by Crippen LogP contribution is 2.26. The number of nitrogens with one attached hydrogen (secondary N) is 1. The van der Waals surface area contributed by atoms with E-state index in [4.69, 9.17) is 19.5 Å². The van der Waals surface area contributed by atoms with Crippen LogP contribution in [0.3, 0.4) is 0 Å². The predicted octanol–water partition coefficient (Wildman–Crippen LogP) is 3.66. The molecule has 0 aliphatic carbocycles. The largest absolute Gasteiger partial charge is 0.491 e. The first-order chi connectivity index (χ1) is 14.7. The van der Waals surface area contributed by atoms with E-state index in [0.29, 0.717) is 23.6 Å². The number of carbonyl (C=O) groups excluding carboxylic acids is 2. The third-order valence-corrected chi connectivity index (χ3v) is 5.28. The molecule has 0 aromatic heterocycles. The zero-order valence-corrected chi connectivity index (χ0v) is 17.2. The normalized spacial score (nSPS) is 15.2. The molecule has 3 rings (SSSR count). The van der Waals surface area contributed by atoms with Crippen LogP contribution in [0.5, 0.6) is 5.75 Å². The van der Waals surface area contributed by atoms with Gasteiger partial charge in [0, 0.05) is 11.5 Å². The van der Waals surface area contributed by atoms with E-state index in [9.17, 15) is 9.59 Å². The summed E-state index contributed by atoms with van der Waals surface area (Å²) in [7, 11) is 0. The number of hydrogen-bond donors (Lipinski definition) is 1. The van der Waals surface area contributed by atoms with Gasteiger partial charge in [-0.3, -0.25) is 4.79 Å². The van der Waals surface area contributed by atoms with Crippen molar-refractivity contribution in [1.29, 1.82) is 5.26 Å². The number of nitrogens with zero attached hydrogens (tertiary/aromatic N) is 1. The van der Waals surface area contributed by atoms with Crippen LogP contribution in [0.4, 0.5) is 5.69 Å². The first-order valence-electron chi connectivity index (χ1n) is 9.56. The number of nitriles is 1. The van der Waals surface area contributed by atoms with Crippen LogP contribution >= 0.6 is 11.8 Å². The van der Waals surface area contributed by atoms with Crippen molar-refractivity contribution >= 4 is 29.3 Å². The number of ether oxygens (including phenoxy) is 3. The average molecular weight is 426 g/mol. The summed E-state index contributed by atoms with van der Waals surface area (Å²) in [6, 6.07) is 15.8. The van der Waals surface area contributed by atoms with Crippen molar-refractivity contribution in [2.45, 2.75) is 23.8 Å². The van der Waals surface area contributed by atoms with Gasteiger partial charge in [-0.15, -0.1) is 11.8 Å². The van der Waals surface area contributed by atoms with Gasteiger partial charge in [0.2, 0.25) is 0 Å². The summed E-state index contributed by atoms with van der Waals surface area (Å²) in [6.07, 6.45) is 2.17. The van der Waals surface area contributed by atoms with Crippen molar-refractivity contribution in [3.63, 3.8) is 0 Å². The molecule has 1 unspecified atom stereocenters. The van der Waals surface area contributed by atoms with Crippen LogP contribution in [0, 0.1) is 11.3 Å². The van der Waals surface area contributed by atoms with E-state index in [1.165, 1.54) is 11.8 Å². The van der Waals surface area contributed by atoms with Gasteiger partial charge in [0.25, 0.3) is 5.91 Å². The Kier molecular flexibility index (Phi) is 8.12. The quantitative estimate of drug-likeness (QED) is 0.483. The van der Waals surface area contributed by atoms with E-state index in [0.717, 1.165) is 24.3 Å². The molecular formula is C22H22N2O5S. The molecule has 0 bridgehead atoms. The molecule has 2 aromatic rings. The Morgan fingerprint density at radius 1 is 1.20 bits per heavy atom. The Bertz CT molecular complexity index is 904. The van der Waals surface area contributed by atoms with Crippen LogP contribution < -0.4 is 10.1 Å². The van der Waals surface area contributed by atoms with E-state index >= 15 is 0 Å². The topological polar surface area (TPSA) is 97.7 Å². The van der Waals surface area contributed by atoms with Crippen molar-refractivity contribution in [3.8, 4) is 11.8 Å². The lowest BCUT2D eigenvalue weighted by molar-refractivity contribution is -0.119. The number of benzene rings is 2. The molecule has 1 atom stereocenters. The average Bonchev–Trinajstić information content (AvgIpc) is 3.29. The van der Waals surface area contributed by atoms with Gasteiger partial charge in [0.15, 0.2) is 6.61 Å². The number of anilines is 1. The Labute approximate surface area is 179 Å². The van der Waals surface area contributed by atoms with E-state index in [-0.39, 0.29) is 11.9 Å². The van der Waals surface area contributed by atoms with Gasteiger partial charge in [0.1, 0.15) is 12.4 Å². The zero-order valence-electron chi connectivity index (χ0n) is 16.3. The van der Waals surface area contributed by atoms with Crippen LogP contribution in [0.1, 0.15) is 23.2 Å². The molecule has 8 heteroatoms. The lowest BCUT2D eigenvalue weighted by Gasteiger charge is -2.12. The summed E-state index contributed by atoms with van der Waals surface area (Å²) < 4.78 is 16.3. The molecule has 7 nitrogen and oxygen atoms in total. The van der Waals surface area contributed by atoms with Gasteiger partial charge in [-0.05, 0) is 49.2 Å². The third kappa shape index (κ3) is 6.51. The lowest BCUT2D eigenvalue weighted by Crippen LogP contribution is -2.21. The molecule has 156 valence electrons. The lowest BCUT2D eigenvalue weighted by atomic mass is 10.2. The highest BCUT2D eigenvalue weighted by Gasteiger charge is 2.16. The number of hydrogen-bond acceptors (Lipinski definition) is 7. The molecule has 30 heavy (non-hydrogen) atoms. The number of para-hydroxylation sites is 1. The van der Waals surface area contributed by atoms with Crippen molar-refractivity contribution < 1.29 is 23.8 Å². The van der Waals surface area contributed by atoms with Crippen LogP contribution in [0.25, 0.3) is 0 Å².